The lowest BCUT2D eigenvalue weighted by atomic mass is 10.3. The number of hydrogen-bond donors (Lipinski definition) is 3. The Morgan fingerprint density at radius 2 is 1.93 bits per heavy atom. The molecule has 2 aromatic heterocycles. The summed E-state index contributed by atoms with van der Waals surface area (Å²) in [5.41, 5.74) is 0.508. The number of hydrogen-bond acceptors (Lipinski definition) is 7. The smallest absolute Gasteiger partial charge is 0.293 e. The summed E-state index contributed by atoms with van der Waals surface area (Å²) in [6.07, 6.45) is 1.51. The molecule has 0 unspecified atom stereocenters. The van der Waals surface area contributed by atoms with Crippen molar-refractivity contribution in [1.29, 1.82) is 0 Å². The maximum atomic E-state index is 12.3. The predicted octanol–water partition coefficient (Wildman–Crippen LogP) is 3.43. The zero-order chi connectivity index (χ0) is 19.4. The van der Waals surface area contributed by atoms with E-state index in [4.69, 9.17) is 16.6 Å². The molecule has 0 bridgehead atoms. The van der Waals surface area contributed by atoms with Gasteiger partial charge in [-0.05, 0) is 64.5 Å². The second-order valence-electron chi connectivity index (χ2n) is 4.98. The molecular weight excluding hydrogens is 476 g/mol. The van der Waals surface area contributed by atoms with Crippen LogP contribution >= 0.6 is 39.5 Å². The zero-order valence-corrected chi connectivity index (χ0v) is 17.3. The number of sulfonamides is 1. The maximum Gasteiger partial charge on any atom is 0.293 e. The molecule has 0 atom stereocenters. The van der Waals surface area contributed by atoms with E-state index in [9.17, 15) is 13.2 Å². The number of aromatic nitrogens is 1. The third-order valence-electron chi connectivity index (χ3n) is 3.10. The van der Waals surface area contributed by atoms with E-state index in [0.29, 0.717) is 10.4 Å². The lowest BCUT2D eigenvalue weighted by Gasteiger charge is -2.10. The van der Waals surface area contributed by atoms with E-state index in [1.807, 2.05) is 0 Å². The maximum absolute atomic E-state index is 12.3. The molecule has 0 aliphatic rings. The van der Waals surface area contributed by atoms with E-state index >= 15 is 0 Å². The van der Waals surface area contributed by atoms with Gasteiger partial charge in [-0.2, -0.15) is 0 Å². The molecule has 12 heteroatoms. The lowest BCUT2D eigenvalue weighted by Crippen LogP contribution is -2.33. The van der Waals surface area contributed by atoms with Gasteiger partial charge in [-0.3, -0.25) is 14.8 Å². The first kappa shape index (κ1) is 19.5. The average molecular weight is 487 g/mol. The standard InChI is InChI=1S/C15H11BrN4O4S3/c16-12-6-5-11(24-12)13(21)19-14(25)18-9-1-3-10(4-2-9)27(22,23)20-15-17-7-8-26-15/h1-8H,(H,17,20)(H2,18,19,21,25). The normalized spacial score (nSPS) is 11.0. The number of amides is 1. The number of thiocarbonyl (C=S) groups is 1. The number of nitrogens with one attached hydrogen (secondary N) is 3. The van der Waals surface area contributed by atoms with E-state index in [1.165, 1.54) is 47.9 Å². The van der Waals surface area contributed by atoms with Gasteiger partial charge >= 0.3 is 0 Å². The van der Waals surface area contributed by atoms with Crippen molar-refractivity contribution >= 4 is 71.3 Å². The fraction of sp³-hybridized carbons (Fsp3) is 0. The molecule has 8 nitrogen and oxygen atoms in total. The second-order valence-corrected chi connectivity index (χ2v) is 8.75. The van der Waals surface area contributed by atoms with Gasteiger partial charge in [0, 0.05) is 17.3 Å². The van der Waals surface area contributed by atoms with Crippen molar-refractivity contribution in [2.75, 3.05) is 10.0 Å². The highest BCUT2D eigenvalue weighted by atomic mass is 79.9. The quantitative estimate of drug-likeness (QED) is 0.473. The van der Waals surface area contributed by atoms with E-state index in [-0.39, 0.29) is 20.9 Å². The highest BCUT2D eigenvalue weighted by Crippen LogP contribution is 2.19. The first-order chi connectivity index (χ1) is 12.8. The SMILES string of the molecule is O=C(NC(=S)Nc1ccc(S(=O)(=O)Nc2nccs2)cc1)c1ccc(Br)o1. The topological polar surface area (TPSA) is 113 Å². The summed E-state index contributed by atoms with van der Waals surface area (Å²) in [6, 6.07) is 8.96. The van der Waals surface area contributed by atoms with Crippen LogP contribution in [0.25, 0.3) is 0 Å². The van der Waals surface area contributed by atoms with Crippen molar-refractivity contribution in [3.8, 4) is 0 Å². The van der Waals surface area contributed by atoms with E-state index in [0.717, 1.165) is 0 Å². The van der Waals surface area contributed by atoms with Crippen molar-refractivity contribution in [2.24, 2.45) is 0 Å². The fourth-order valence-corrected chi connectivity index (χ4v) is 4.23. The number of thiazole rings is 1. The monoisotopic (exact) mass is 486 g/mol. The first-order valence-electron chi connectivity index (χ1n) is 7.23. The summed E-state index contributed by atoms with van der Waals surface area (Å²) in [4.78, 5) is 15.9. The molecule has 3 N–H and O–H groups in total. The van der Waals surface area contributed by atoms with Crippen LogP contribution in [0.1, 0.15) is 10.6 Å². The van der Waals surface area contributed by atoms with E-state index < -0.39 is 15.9 Å². The highest BCUT2D eigenvalue weighted by molar-refractivity contribution is 9.10. The van der Waals surface area contributed by atoms with Crippen LogP contribution in [0.15, 0.2) is 62.0 Å². The highest BCUT2D eigenvalue weighted by Gasteiger charge is 2.16. The molecule has 0 radical (unpaired) electrons. The van der Waals surface area contributed by atoms with Gasteiger partial charge in [0.2, 0.25) is 0 Å². The first-order valence-corrected chi connectivity index (χ1v) is 10.8. The minimum atomic E-state index is -3.73. The van der Waals surface area contributed by atoms with Gasteiger partial charge in [-0.25, -0.2) is 13.4 Å². The third kappa shape index (κ3) is 5.13. The van der Waals surface area contributed by atoms with Gasteiger partial charge in [0.25, 0.3) is 15.9 Å². The molecule has 27 heavy (non-hydrogen) atoms. The second kappa shape index (κ2) is 8.17. The molecule has 3 aromatic rings. The number of rotatable bonds is 5. The fourth-order valence-electron chi connectivity index (χ4n) is 1.93. The number of benzene rings is 1. The van der Waals surface area contributed by atoms with Crippen molar-refractivity contribution in [2.45, 2.75) is 4.90 Å². The van der Waals surface area contributed by atoms with Crippen molar-refractivity contribution in [3.05, 3.63) is 58.4 Å². The van der Waals surface area contributed by atoms with Crippen LogP contribution in [0.4, 0.5) is 10.8 Å². The van der Waals surface area contributed by atoms with Crippen molar-refractivity contribution in [1.82, 2.24) is 10.3 Å². The van der Waals surface area contributed by atoms with Gasteiger partial charge < -0.3 is 9.73 Å². The molecule has 140 valence electrons. The summed E-state index contributed by atoms with van der Waals surface area (Å²) in [5, 5.41) is 7.25. The van der Waals surface area contributed by atoms with Gasteiger partial charge in [0.15, 0.2) is 20.7 Å². The Morgan fingerprint density at radius 1 is 1.19 bits per heavy atom. The average Bonchev–Trinajstić information content (AvgIpc) is 3.26. The summed E-state index contributed by atoms with van der Waals surface area (Å²) < 4.78 is 32.5. The summed E-state index contributed by atoms with van der Waals surface area (Å²) in [5.74, 6) is -0.411. The Hall–Kier alpha value is -2.28. The van der Waals surface area contributed by atoms with Crippen LogP contribution in [0.2, 0.25) is 0 Å². The Morgan fingerprint density at radius 3 is 2.52 bits per heavy atom. The third-order valence-corrected chi connectivity index (χ3v) is 5.90. The minimum absolute atomic E-state index is 0.0454. The van der Waals surface area contributed by atoms with Gasteiger partial charge in [-0.1, -0.05) is 0 Å². The van der Waals surface area contributed by atoms with Crippen molar-refractivity contribution < 1.29 is 17.6 Å². The Bertz CT molecular complexity index is 1060. The molecule has 1 aromatic carbocycles. The van der Waals surface area contributed by atoms with Gasteiger partial charge in [0.05, 0.1) is 4.90 Å². The molecule has 2 heterocycles. The summed E-state index contributed by atoms with van der Waals surface area (Å²) in [7, 11) is -3.73. The largest absolute Gasteiger partial charge is 0.444 e. The van der Waals surface area contributed by atoms with Gasteiger partial charge in [-0.15, -0.1) is 11.3 Å². The molecule has 0 saturated carbocycles. The lowest BCUT2D eigenvalue weighted by molar-refractivity contribution is 0.0949. The molecule has 0 aliphatic carbocycles. The molecular formula is C15H11BrN4O4S3. The molecule has 0 fully saturated rings. The number of anilines is 2. The molecule has 1 amide bonds. The van der Waals surface area contributed by atoms with Crippen LogP contribution in [-0.2, 0) is 10.0 Å². The Kier molecular flexibility index (Phi) is 5.89. The van der Waals surface area contributed by atoms with Crippen LogP contribution in [0, 0.1) is 0 Å². The van der Waals surface area contributed by atoms with Crippen molar-refractivity contribution in [3.63, 3.8) is 0 Å². The molecule has 0 spiro atoms. The van der Waals surface area contributed by atoms with E-state index in [2.05, 4.69) is 36.3 Å². The zero-order valence-electron chi connectivity index (χ0n) is 13.3. The number of halogens is 1. The van der Waals surface area contributed by atoms with Crippen LogP contribution in [0.5, 0.6) is 0 Å². The minimum Gasteiger partial charge on any atom is -0.444 e. The number of carbonyl (C=O) groups excluding carboxylic acids is 1. The number of nitrogens with zero attached hydrogens (tertiary/aromatic N) is 1. The Balaban J connectivity index is 1.61. The number of furan rings is 1. The molecule has 0 saturated heterocycles. The molecule has 0 aliphatic heterocycles. The number of carbonyl (C=O) groups is 1. The molecule has 3 rings (SSSR count). The van der Waals surface area contributed by atoms with Crippen LogP contribution in [-0.4, -0.2) is 24.4 Å². The summed E-state index contributed by atoms with van der Waals surface area (Å²) in [6.45, 7) is 0. The van der Waals surface area contributed by atoms with Gasteiger partial charge in [0.1, 0.15) is 0 Å². The Labute approximate surface area is 172 Å². The van der Waals surface area contributed by atoms with E-state index in [1.54, 1.807) is 11.4 Å². The van der Waals surface area contributed by atoms with Crippen LogP contribution < -0.4 is 15.4 Å². The summed E-state index contributed by atoms with van der Waals surface area (Å²) >= 11 is 9.36. The predicted molar refractivity (Wildman–Crippen MR) is 109 cm³/mol. The van der Waals surface area contributed by atoms with Crippen LogP contribution in [0.3, 0.4) is 0 Å².